The maximum atomic E-state index is 12.2. The minimum atomic E-state index is -3.70. The maximum absolute atomic E-state index is 12.2. The lowest BCUT2D eigenvalue weighted by Gasteiger charge is -2.13. The molecule has 0 bridgehead atoms. The Balaban J connectivity index is 2.71. The molecule has 0 aliphatic rings. The molecule has 0 radical (unpaired) electrons. The van der Waals surface area contributed by atoms with E-state index in [0.717, 1.165) is 0 Å². The minimum Gasteiger partial charge on any atom is -0.399 e. The van der Waals surface area contributed by atoms with Crippen molar-refractivity contribution in [3.05, 3.63) is 24.3 Å². The number of carbonyl (C=O) groups is 1. The largest absolute Gasteiger partial charge is 0.399 e. The van der Waals surface area contributed by atoms with Crippen LogP contribution in [0.1, 0.15) is 13.3 Å². The molecule has 3 N–H and O–H groups in total. The number of hydrogen-bond acceptors (Lipinski definition) is 5. The molecule has 7 heteroatoms. The first-order valence-electron chi connectivity index (χ1n) is 6.25. The number of methoxy groups -OCH3 is 1. The summed E-state index contributed by atoms with van der Waals surface area (Å²) in [5.41, 5.74) is 5.99. The van der Waals surface area contributed by atoms with Crippen LogP contribution in [0.3, 0.4) is 0 Å². The molecule has 1 rings (SSSR count). The molecule has 112 valence electrons. The second-order valence-electron chi connectivity index (χ2n) is 4.39. The first kappa shape index (κ1) is 16.5. The summed E-state index contributed by atoms with van der Waals surface area (Å²) < 4.78 is 29.3. The lowest BCUT2D eigenvalue weighted by molar-refractivity contribution is -0.120. The molecule has 0 spiro atoms. The third-order valence-electron chi connectivity index (χ3n) is 2.87. The van der Waals surface area contributed by atoms with Crippen LogP contribution in [0.15, 0.2) is 29.2 Å². The van der Waals surface area contributed by atoms with Crippen LogP contribution in [0.2, 0.25) is 0 Å². The normalized spacial score (nSPS) is 12.9. The van der Waals surface area contributed by atoms with Crippen molar-refractivity contribution in [2.45, 2.75) is 23.5 Å². The van der Waals surface area contributed by atoms with E-state index in [1.807, 2.05) is 0 Å². The van der Waals surface area contributed by atoms with E-state index in [9.17, 15) is 13.2 Å². The van der Waals surface area contributed by atoms with E-state index >= 15 is 0 Å². The lowest BCUT2D eigenvalue weighted by Crippen LogP contribution is -2.38. The molecule has 0 aromatic heterocycles. The number of ether oxygens (including phenoxy) is 1. The molecule has 6 nitrogen and oxygen atoms in total. The minimum absolute atomic E-state index is 0.0891. The highest BCUT2D eigenvalue weighted by atomic mass is 32.2. The van der Waals surface area contributed by atoms with E-state index in [0.29, 0.717) is 25.3 Å². The van der Waals surface area contributed by atoms with Crippen molar-refractivity contribution in [3.8, 4) is 0 Å². The Kier molecular flexibility index (Phi) is 5.97. The number of nitrogen functional groups attached to an aromatic ring is 1. The number of benzene rings is 1. The van der Waals surface area contributed by atoms with Gasteiger partial charge >= 0.3 is 0 Å². The number of nitrogens with two attached hydrogens (primary N) is 1. The zero-order chi connectivity index (χ0) is 15.2. The topological polar surface area (TPSA) is 98.5 Å². The molecule has 1 amide bonds. The first-order valence-corrected chi connectivity index (χ1v) is 7.80. The van der Waals surface area contributed by atoms with Crippen LogP contribution in [0.25, 0.3) is 0 Å². The third-order valence-corrected chi connectivity index (χ3v) is 4.94. The number of rotatable bonds is 7. The fraction of sp³-hybridized carbons (Fsp3) is 0.462. The summed E-state index contributed by atoms with van der Waals surface area (Å²) >= 11 is 0. The van der Waals surface area contributed by atoms with Crippen LogP contribution < -0.4 is 11.1 Å². The molecule has 1 unspecified atom stereocenters. The van der Waals surface area contributed by atoms with E-state index in [2.05, 4.69) is 5.32 Å². The molecule has 1 aromatic rings. The van der Waals surface area contributed by atoms with E-state index in [1.165, 1.54) is 31.2 Å². The highest BCUT2D eigenvalue weighted by molar-refractivity contribution is 7.92. The van der Waals surface area contributed by atoms with Gasteiger partial charge in [0.15, 0.2) is 9.84 Å². The van der Waals surface area contributed by atoms with Crippen molar-refractivity contribution < 1.29 is 17.9 Å². The summed E-state index contributed by atoms with van der Waals surface area (Å²) in [6, 6.07) is 5.80. The Bertz CT molecular complexity index is 540. The zero-order valence-electron chi connectivity index (χ0n) is 11.6. The Labute approximate surface area is 119 Å². The lowest BCUT2D eigenvalue weighted by atomic mass is 10.3. The van der Waals surface area contributed by atoms with Crippen molar-refractivity contribution in [3.63, 3.8) is 0 Å². The van der Waals surface area contributed by atoms with Crippen molar-refractivity contribution in [1.82, 2.24) is 5.32 Å². The van der Waals surface area contributed by atoms with Gasteiger partial charge in [-0.3, -0.25) is 4.79 Å². The number of amides is 1. The van der Waals surface area contributed by atoms with Gasteiger partial charge in [0.1, 0.15) is 5.25 Å². The number of nitrogens with one attached hydrogen (secondary N) is 1. The number of carbonyl (C=O) groups excluding carboxylic acids is 1. The van der Waals surface area contributed by atoms with Gasteiger partial charge in [-0.1, -0.05) is 0 Å². The molecule has 1 atom stereocenters. The second kappa shape index (κ2) is 7.25. The maximum Gasteiger partial charge on any atom is 0.238 e. The SMILES string of the molecule is COCCCNC(=O)C(C)S(=O)(=O)c1ccc(N)cc1. The number of hydrogen-bond donors (Lipinski definition) is 2. The second-order valence-corrected chi connectivity index (χ2v) is 6.66. The predicted molar refractivity (Wildman–Crippen MR) is 77.0 cm³/mol. The van der Waals surface area contributed by atoms with E-state index in [4.69, 9.17) is 10.5 Å². The molecule has 0 aliphatic heterocycles. The fourth-order valence-corrected chi connectivity index (χ4v) is 2.86. The van der Waals surface area contributed by atoms with Crippen LogP contribution in [0, 0.1) is 0 Å². The van der Waals surface area contributed by atoms with Gasteiger partial charge in [-0.25, -0.2) is 8.42 Å². The quantitative estimate of drug-likeness (QED) is 0.567. The van der Waals surface area contributed by atoms with Crippen molar-refractivity contribution in [2.75, 3.05) is 26.0 Å². The zero-order valence-corrected chi connectivity index (χ0v) is 12.4. The summed E-state index contributed by atoms with van der Waals surface area (Å²) in [5.74, 6) is -0.516. The predicted octanol–water partition coefficient (Wildman–Crippen LogP) is 0.584. The molecule has 1 aromatic carbocycles. The summed E-state index contributed by atoms with van der Waals surface area (Å²) in [4.78, 5) is 11.9. The van der Waals surface area contributed by atoms with Crippen molar-refractivity contribution in [2.24, 2.45) is 0 Å². The molecule has 0 fully saturated rings. The molecule has 0 aliphatic carbocycles. The van der Waals surface area contributed by atoms with E-state index < -0.39 is 21.0 Å². The molecular weight excluding hydrogens is 280 g/mol. The summed E-state index contributed by atoms with van der Waals surface area (Å²) in [6.07, 6.45) is 0.636. The van der Waals surface area contributed by atoms with Gasteiger partial charge in [-0.05, 0) is 37.6 Å². The van der Waals surface area contributed by atoms with Gasteiger partial charge in [0.25, 0.3) is 0 Å². The monoisotopic (exact) mass is 300 g/mol. The number of anilines is 1. The van der Waals surface area contributed by atoms with E-state index in [-0.39, 0.29) is 4.90 Å². The van der Waals surface area contributed by atoms with Crippen LogP contribution in [0.4, 0.5) is 5.69 Å². The Morgan fingerprint density at radius 3 is 2.50 bits per heavy atom. The average molecular weight is 300 g/mol. The summed E-state index contributed by atoms with van der Waals surface area (Å²) in [6.45, 7) is 2.27. The fourth-order valence-electron chi connectivity index (χ4n) is 1.57. The molecular formula is C13H20N2O4S. The molecule has 0 heterocycles. The molecule has 0 saturated carbocycles. The summed E-state index contributed by atoms with van der Waals surface area (Å²) in [5, 5.41) is 1.44. The Hall–Kier alpha value is -1.60. The van der Waals surface area contributed by atoms with Gasteiger partial charge in [0.05, 0.1) is 4.90 Å². The summed E-state index contributed by atoms with van der Waals surface area (Å²) in [7, 11) is -2.13. The van der Waals surface area contributed by atoms with Crippen LogP contribution in [-0.4, -0.2) is 39.8 Å². The van der Waals surface area contributed by atoms with Gasteiger partial charge in [-0.15, -0.1) is 0 Å². The van der Waals surface area contributed by atoms with Gasteiger partial charge in [-0.2, -0.15) is 0 Å². The highest BCUT2D eigenvalue weighted by Crippen LogP contribution is 2.17. The van der Waals surface area contributed by atoms with Crippen LogP contribution in [-0.2, 0) is 19.4 Å². The van der Waals surface area contributed by atoms with Crippen molar-refractivity contribution >= 4 is 21.4 Å². The Morgan fingerprint density at radius 2 is 1.95 bits per heavy atom. The highest BCUT2D eigenvalue weighted by Gasteiger charge is 2.29. The standard InChI is InChI=1S/C13H20N2O4S/c1-10(13(16)15-8-3-9-19-2)20(17,18)12-6-4-11(14)5-7-12/h4-7,10H,3,8-9,14H2,1-2H3,(H,15,16). The van der Waals surface area contributed by atoms with E-state index in [1.54, 1.807) is 7.11 Å². The Morgan fingerprint density at radius 1 is 1.35 bits per heavy atom. The average Bonchev–Trinajstić information content (AvgIpc) is 2.43. The third kappa shape index (κ3) is 4.21. The van der Waals surface area contributed by atoms with Gasteiger partial charge in [0, 0.05) is 25.9 Å². The van der Waals surface area contributed by atoms with Gasteiger partial charge in [0.2, 0.25) is 5.91 Å². The van der Waals surface area contributed by atoms with Crippen molar-refractivity contribution in [1.29, 1.82) is 0 Å². The van der Waals surface area contributed by atoms with Gasteiger partial charge < -0.3 is 15.8 Å². The molecule has 0 saturated heterocycles. The number of sulfone groups is 1. The molecule has 20 heavy (non-hydrogen) atoms. The van der Waals surface area contributed by atoms with Crippen LogP contribution >= 0.6 is 0 Å². The first-order chi connectivity index (χ1) is 9.39. The smallest absolute Gasteiger partial charge is 0.238 e. The van der Waals surface area contributed by atoms with Crippen LogP contribution in [0.5, 0.6) is 0 Å².